The molecule has 148 valence electrons. The standard InChI is InChI=1S/C21H32N4O2/c1-17-5-7-19(8-6-17)22-20(26)15-23-10-12-24(13-11-23)16-21(27)25-9-3-4-18(2)14-25/h5-8,18H,3-4,9-16H2,1-2H3,(H,22,26)/t18-/m0/s1. The molecule has 2 saturated heterocycles. The van der Waals surface area contributed by atoms with E-state index < -0.39 is 0 Å². The maximum Gasteiger partial charge on any atom is 0.238 e. The van der Waals surface area contributed by atoms with Crippen molar-refractivity contribution in [3.05, 3.63) is 29.8 Å². The highest BCUT2D eigenvalue weighted by molar-refractivity contribution is 5.92. The molecule has 0 radical (unpaired) electrons. The van der Waals surface area contributed by atoms with Crippen LogP contribution in [0.3, 0.4) is 0 Å². The van der Waals surface area contributed by atoms with Crippen LogP contribution in [0.2, 0.25) is 0 Å². The highest BCUT2D eigenvalue weighted by Crippen LogP contribution is 2.16. The number of piperidine rings is 1. The van der Waals surface area contributed by atoms with E-state index in [4.69, 9.17) is 0 Å². The van der Waals surface area contributed by atoms with Crippen LogP contribution in [0.1, 0.15) is 25.3 Å². The molecule has 2 aliphatic heterocycles. The van der Waals surface area contributed by atoms with Crippen molar-refractivity contribution in [2.45, 2.75) is 26.7 Å². The summed E-state index contributed by atoms with van der Waals surface area (Å²) in [4.78, 5) is 31.1. The van der Waals surface area contributed by atoms with Crippen LogP contribution < -0.4 is 5.32 Å². The second-order valence-corrected chi connectivity index (χ2v) is 8.05. The van der Waals surface area contributed by atoms with Gasteiger partial charge in [0.1, 0.15) is 0 Å². The zero-order chi connectivity index (χ0) is 19.2. The first kappa shape index (κ1) is 19.8. The molecule has 2 aliphatic rings. The predicted octanol–water partition coefficient (Wildman–Crippen LogP) is 1.81. The lowest BCUT2D eigenvalue weighted by molar-refractivity contribution is -0.134. The number of nitrogens with one attached hydrogen (secondary N) is 1. The van der Waals surface area contributed by atoms with Gasteiger partial charge in [-0.15, -0.1) is 0 Å². The summed E-state index contributed by atoms with van der Waals surface area (Å²) in [7, 11) is 0. The van der Waals surface area contributed by atoms with E-state index in [-0.39, 0.29) is 11.8 Å². The third-order valence-corrected chi connectivity index (χ3v) is 5.54. The summed E-state index contributed by atoms with van der Waals surface area (Å²) >= 11 is 0. The Morgan fingerprint density at radius 1 is 1.00 bits per heavy atom. The quantitative estimate of drug-likeness (QED) is 0.857. The molecule has 0 spiro atoms. The Morgan fingerprint density at radius 3 is 2.26 bits per heavy atom. The van der Waals surface area contributed by atoms with Crippen LogP contribution in [0, 0.1) is 12.8 Å². The summed E-state index contributed by atoms with van der Waals surface area (Å²) in [5.74, 6) is 0.893. The molecule has 1 aromatic carbocycles. The van der Waals surface area contributed by atoms with Crippen LogP contribution in [-0.2, 0) is 9.59 Å². The number of aryl methyl sites for hydroxylation is 1. The van der Waals surface area contributed by atoms with Gasteiger partial charge in [-0.05, 0) is 37.8 Å². The van der Waals surface area contributed by atoms with E-state index in [1.807, 2.05) is 36.1 Å². The number of nitrogens with zero attached hydrogens (tertiary/aromatic N) is 3. The Labute approximate surface area is 162 Å². The van der Waals surface area contributed by atoms with Crippen LogP contribution >= 0.6 is 0 Å². The first-order valence-electron chi connectivity index (χ1n) is 10.1. The molecule has 1 N–H and O–H groups in total. The number of anilines is 1. The number of benzene rings is 1. The Bertz CT molecular complexity index is 638. The lowest BCUT2D eigenvalue weighted by Crippen LogP contribution is -2.52. The number of hydrogen-bond acceptors (Lipinski definition) is 4. The molecule has 0 bridgehead atoms. The summed E-state index contributed by atoms with van der Waals surface area (Å²) < 4.78 is 0. The monoisotopic (exact) mass is 372 g/mol. The summed E-state index contributed by atoms with van der Waals surface area (Å²) in [5.41, 5.74) is 2.02. The molecule has 2 heterocycles. The Morgan fingerprint density at radius 2 is 1.63 bits per heavy atom. The predicted molar refractivity (Wildman–Crippen MR) is 108 cm³/mol. The largest absolute Gasteiger partial charge is 0.341 e. The van der Waals surface area contributed by atoms with Gasteiger partial charge in [0, 0.05) is 45.0 Å². The van der Waals surface area contributed by atoms with Crippen LogP contribution in [0.4, 0.5) is 5.69 Å². The maximum atomic E-state index is 12.5. The normalized spacial score (nSPS) is 21.9. The Balaban J connectivity index is 1.37. The van der Waals surface area contributed by atoms with Crippen molar-refractivity contribution in [1.29, 1.82) is 0 Å². The topological polar surface area (TPSA) is 55.9 Å². The smallest absolute Gasteiger partial charge is 0.238 e. The molecule has 2 fully saturated rings. The van der Waals surface area contributed by atoms with E-state index in [0.717, 1.165) is 51.4 Å². The van der Waals surface area contributed by atoms with Gasteiger partial charge in [-0.3, -0.25) is 19.4 Å². The fraction of sp³-hybridized carbons (Fsp3) is 0.619. The minimum atomic E-state index is 0.0192. The third-order valence-electron chi connectivity index (χ3n) is 5.54. The van der Waals surface area contributed by atoms with Gasteiger partial charge >= 0.3 is 0 Å². The number of amides is 2. The fourth-order valence-corrected chi connectivity index (χ4v) is 3.85. The van der Waals surface area contributed by atoms with Crippen molar-refractivity contribution in [2.24, 2.45) is 5.92 Å². The average molecular weight is 373 g/mol. The van der Waals surface area contributed by atoms with E-state index >= 15 is 0 Å². The molecule has 0 aromatic heterocycles. The molecule has 6 heteroatoms. The van der Waals surface area contributed by atoms with E-state index in [0.29, 0.717) is 19.0 Å². The highest BCUT2D eigenvalue weighted by Gasteiger charge is 2.25. The number of carbonyl (C=O) groups is 2. The number of hydrogen-bond donors (Lipinski definition) is 1. The van der Waals surface area contributed by atoms with Crippen molar-refractivity contribution in [3.63, 3.8) is 0 Å². The van der Waals surface area contributed by atoms with E-state index in [1.165, 1.54) is 12.0 Å². The zero-order valence-electron chi connectivity index (χ0n) is 16.6. The average Bonchev–Trinajstić information content (AvgIpc) is 2.65. The second-order valence-electron chi connectivity index (χ2n) is 8.05. The Kier molecular flexibility index (Phi) is 6.85. The SMILES string of the molecule is Cc1ccc(NC(=O)CN2CCN(CC(=O)N3CCC[C@H](C)C3)CC2)cc1. The van der Waals surface area contributed by atoms with E-state index in [2.05, 4.69) is 22.0 Å². The molecule has 3 rings (SSSR count). The fourth-order valence-electron chi connectivity index (χ4n) is 3.85. The number of likely N-dealkylation sites (tertiary alicyclic amines) is 1. The zero-order valence-corrected chi connectivity index (χ0v) is 16.6. The summed E-state index contributed by atoms with van der Waals surface area (Å²) in [6.07, 6.45) is 2.35. The first-order chi connectivity index (χ1) is 13.0. The third kappa shape index (κ3) is 6.04. The van der Waals surface area contributed by atoms with Gasteiger partial charge in [0.2, 0.25) is 11.8 Å². The second kappa shape index (κ2) is 9.33. The molecule has 0 aliphatic carbocycles. The molecular formula is C21H32N4O2. The van der Waals surface area contributed by atoms with Gasteiger partial charge in [-0.25, -0.2) is 0 Å². The van der Waals surface area contributed by atoms with Crippen LogP contribution in [0.15, 0.2) is 24.3 Å². The van der Waals surface area contributed by atoms with Gasteiger partial charge in [0.15, 0.2) is 0 Å². The Hall–Kier alpha value is -1.92. The van der Waals surface area contributed by atoms with E-state index in [1.54, 1.807) is 0 Å². The summed E-state index contributed by atoms with van der Waals surface area (Å²) in [5, 5.41) is 2.95. The molecule has 0 saturated carbocycles. The number of rotatable bonds is 5. The molecule has 1 atom stereocenters. The van der Waals surface area contributed by atoms with E-state index in [9.17, 15) is 9.59 Å². The maximum absolute atomic E-state index is 12.5. The first-order valence-corrected chi connectivity index (χ1v) is 10.1. The van der Waals surface area contributed by atoms with Gasteiger partial charge in [-0.2, -0.15) is 0 Å². The summed E-state index contributed by atoms with van der Waals surface area (Å²) in [6, 6.07) is 7.85. The molecule has 1 aromatic rings. The van der Waals surface area contributed by atoms with Gasteiger partial charge in [-0.1, -0.05) is 24.6 Å². The number of carbonyl (C=O) groups excluding carboxylic acids is 2. The molecule has 0 unspecified atom stereocenters. The highest BCUT2D eigenvalue weighted by atomic mass is 16.2. The molecular weight excluding hydrogens is 340 g/mol. The number of piperazine rings is 1. The van der Waals surface area contributed by atoms with Crippen LogP contribution in [0.25, 0.3) is 0 Å². The van der Waals surface area contributed by atoms with Crippen molar-refractivity contribution in [1.82, 2.24) is 14.7 Å². The van der Waals surface area contributed by atoms with Gasteiger partial charge in [0.05, 0.1) is 13.1 Å². The molecule has 27 heavy (non-hydrogen) atoms. The lowest BCUT2D eigenvalue weighted by atomic mass is 10.0. The molecule has 6 nitrogen and oxygen atoms in total. The van der Waals surface area contributed by atoms with Crippen molar-refractivity contribution >= 4 is 17.5 Å². The minimum Gasteiger partial charge on any atom is -0.341 e. The lowest BCUT2D eigenvalue weighted by Gasteiger charge is -2.36. The van der Waals surface area contributed by atoms with Gasteiger partial charge in [0.25, 0.3) is 0 Å². The van der Waals surface area contributed by atoms with Crippen molar-refractivity contribution < 1.29 is 9.59 Å². The van der Waals surface area contributed by atoms with Crippen molar-refractivity contribution in [2.75, 3.05) is 57.7 Å². The van der Waals surface area contributed by atoms with Crippen molar-refractivity contribution in [3.8, 4) is 0 Å². The van der Waals surface area contributed by atoms with Gasteiger partial charge < -0.3 is 10.2 Å². The molecule has 2 amide bonds. The summed E-state index contributed by atoms with van der Waals surface area (Å²) in [6.45, 7) is 10.3. The van der Waals surface area contributed by atoms with Crippen LogP contribution in [-0.4, -0.2) is 78.9 Å². The van der Waals surface area contributed by atoms with Crippen LogP contribution in [0.5, 0.6) is 0 Å². The minimum absolute atomic E-state index is 0.0192.